The summed E-state index contributed by atoms with van der Waals surface area (Å²) in [7, 11) is 1.57. The number of aliphatic hydroxyl groups is 1. The maximum atomic E-state index is 12.5. The molecule has 0 atom stereocenters. The van der Waals surface area contributed by atoms with E-state index in [9.17, 15) is 14.4 Å². The Kier molecular flexibility index (Phi) is 3.76. The second kappa shape index (κ2) is 5.74. The van der Waals surface area contributed by atoms with Gasteiger partial charge in [-0.1, -0.05) is 11.8 Å². The van der Waals surface area contributed by atoms with Crippen LogP contribution in [0.3, 0.4) is 0 Å². The standard InChI is InChI=1S/C16H15N3O4/c1-17-13-10-11(4-3-9-20)7-8-12(13)18(16(17)23)19-14(21)5-2-6-15(19)22/h7-8,10,20H,2,5-6,9H2,1H3. The minimum atomic E-state index is -0.462. The van der Waals surface area contributed by atoms with Gasteiger partial charge in [0.25, 0.3) is 0 Å². The third-order valence-electron chi connectivity index (χ3n) is 3.80. The number of rotatable bonds is 1. The number of imidazole rings is 1. The van der Waals surface area contributed by atoms with E-state index in [1.54, 1.807) is 25.2 Å². The molecule has 1 fully saturated rings. The summed E-state index contributed by atoms with van der Waals surface area (Å²) in [6.45, 7) is -0.255. The number of nitrogens with zero attached hydrogens (tertiary/aromatic N) is 3. The van der Waals surface area contributed by atoms with Gasteiger partial charge < -0.3 is 5.11 Å². The number of carbonyl (C=O) groups is 2. The molecule has 0 unspecified atom stereocenters. The van der Waals surface area contributed by atoms with E-state index in [0.29, 0.717) is 23.0 Å². The summed E-state index contributed by atoms with van der Waals surface area (Å²) >= 11 is 0. The van der Waals surface area contributed by atoms with Gasteiger partial charge in [-0.2, -0.15) is 9.69 Å². The third kappa shape index (κ3) is 2.43. The summed E-state index contributed by atoms with van der Waals surface area (Å²) in [5.74, 6) is 4.56. The normalized spacial score (nSPS) is 15.0. The molecule has 7 nitrogen and oxygen atoms in total. The highest BCUT2D eigenvalue weighted by atomic mass is 16.2. The molecule has 0 bridgehead atoms. The average molecular weight is 313 g/mol. The van der Waals surface area contributed by atoms with Crippen LogP contribution in [0.2, 0.25) is 0 Å². The van der Waals surface area contributed by atoms with E-state index in [0.717, 1.165) is 9.69 Å². The van der Waals surface area contributed by atoms with Crippen molar-refractivity contribution in [1.29, 1.82) is 0 Å². The number of imide groups is 1. The van der Waals surface area contributed by atoms with Gasteiger partial charge in [0, 0.05) is 25.5 Å². The number of aryl methyl sites for hydroxylation is 1. The summed E-state index contributed by atoms with van der Waals surface area (Å²) in [5.41, 5.74) is 1.20. The van der Waals surface area contributed by atoms with Crippen LogP contribution in [0, 0.1) is 11.8 Å². The van der Waals surface area contributed by atoms with Crippen molar-refractivity contribution in [2.24, 2.45) is 7.05 Å². The van der Waals surface area contributed by atoms with Crippen molar-refractivity contribution in [3.63, 3.8) is 0 Å². The van der Waals surface area contributed by atoms with E-state index >= 15 is 0 Å². The predicted molar refractivity (Wildman–Crippen MR) is 83.2 cm³/mol. The summed E-state index contributed by atoms with van der Waals surface area (Å²) < 4.78 is 2.50. The topological polar surface area (TPSA) is 84.5 Å². The molecule has 3 rings (SSSR count). The quantitative estimate of drug-likeness (QED) is 0.586. The van der Waals surface area contributed by atoms with E-state index < -0.39 is 5.69 Å². The number of aromatic nitrogens is 2. The first-order chi connectivity index (χ1) is 11.0. The second-order valence-electron chi connectivity index (χ2n) is 5.27. The molecule has 2 aromatic rings. The fourth-order valence-corrected chi connectivity index (χ4v) is 2.70. The van der Waals surface area contributed by atoms with Gasteiger partial charge in [-0.05, 0) is 24.6 Å². The molecule has 1 saturated heterocycles. The van der Waals surface area contributed by atoms with Gasteiger partial charge in [0.1, 0.15) is 6.61 Å². The molecule has 0 radical (unpaired) electrons. The van der Waals surface area contributed by atoms with E-state index in [1.807, 2.05) is 0 Å². The first-order valence-electron chi connectivity index (χ1n) is 7.22. The van der Waals surface area contributed by atoms with Crippen molar-refractivity contribution in [2.45, 2.75) is 19.3 Å². The van der Waals surface area contributed by atoms with Crippen molar-refractivity contribution in [2.75, 3.05) is 11.6 Å². The fourth-order valence-electron chi connectivity index (χ4n) is 2.70. The zero-order chi connectivity index (χ0) is 16.6. The maximum Gasteiger partial charge on any atom is 0.348 e. The Bertz CT molecular complexity index is 910. The van der Waals surface area contributed by atoms with Gasteiger partial charge in [-0.3, -0.25) is 14.2 Å². The molecule has 1 aliphatic rings. The smallest absolute Gasteiger partial charge is 0.348 e. The minimum absolute atomic E-state index is 0.245. The van der Waals surface area contributed by atoms with E-state index in [2.05, 4.69) is 11.8 Å². The molecule has 118 valence electrons. The summed E-state index contributed by atoms with van der Waals surface area (Å²) in [6.07, 6.45) is 0.998. The van der Waals surface area contributed by atoms with E-state index in [-0.39, 0.29) is 31.3 Å². The highest BCUT2D eigenvalue weighted by molar-refractivity contribution is 6.10. The first kappa shape index (κ1) is 15.1. The Morgan fingerprint density at radius 3 is 2.48 bits per heavy atom. The van der Waals surface area contributed by atoms with Crippen LogP contribution in [0.4, 0.5) is 0 Å². The highest BCUT2D eigenvalue weighted by Crippen LogP contribution is 2.18. The van der Waals surface area contributed by atoms with Crippen LogP contribution in [-0.4, -0.2) is 32.8 Å². The van der Waals surface area contributed by atoms with Gasteiger partial charge in [-0.15, -0.1) is 0 Å². The second-order valence-corrected chi connectivity index (χ2v) is 5.27. The lowest BCUT2D eigenvalue weighted by molar-refractivity contribution is -0.131. The van der Waals surface area contributed by atoms with E-state index in [4.69, 9.17) is 5.11 Å². The molecule has 1 aromatic carbocycles. The molecule has 0 spiro atoms. The Labute approximate surface area is 131 Å². The van der Waals surface area contributed by atoms with Crippen molar-refractivity contribution in [3.05, 3.63) is 34.2 Å². The summed E-state index contributed by atoms with van der Waals surface area (Å²) in [5, 5.41) is 9.70. The molecule has 2 amide bonds. The first-order valence-corrected chi connectivity index (χ1v) is 7.22. The zero-order valence-corrected chi connectivity index (χ0v) is 12.6. The van der Waals surface area contributed by atoms with E-state index in [1.165, 1.54) is 4.57 Å². The molecular formula is C16H15N3O4. The molecule has 0 aliphatic carbocycles. The van der Waals surface area contributed by atoms with Gasteiger partial charge in [-0.25, -0.2) is 4.79 Å². The average Bonchev–Trinajstić information content (AvgIpc) is 2.78. The monoisotopic (exact) mass is 313 g/mol. The minimum Gasteiger partial charge on any atom is -0.384 e. The van der Waals surface area contributed by atoms with Crippen LogP contribution in [0.1, 0.15) is 24.8 Å². The lowest BCUT2D eigenvalue weighted by Gasteiger charge is -2.24. The number of hydrogen-bond acceptors (Lipinski definition) is 4. The lowest BCUT2D eigenvalue weighted by Crippen LogP contribution is -2.52. The molecule has 0 saturated carbocycles. The molecule has 1 N–H and O–H groups in total. The van der Waals surface area contributed by atoms with Crippen molar-refractivity contribution in [1.82, 2.24) is 9.24 Å². The number of carbonyl (C=O) groups excluding carboxylic acids is 2. The Morgan fingerprint density at radius 2 is 1.83 bits per heavy atom. The van der Waals surface area contributed by atoms with Gasteiger partial charge in [0.2, 0.25) is 11.8 Å². The number of benzene rings is 1. The highest BCUT2D eigenvalue weighted by Gasteiger charge is 2.30. The largest absolute Gasteiger partial charge is 0.384 e. The van der Waals surface area contributed by atoms with Crippen LogP contribution >= 0.6 is 0 Å². The molecular weight excluding hydrogens is 298 g/mol. The maximum absolute atomic E-state index is 12.5. The Morgan fingerprint density at radius 1 is 1.13 bits per heavy atom. The molecule has 7 heteroatoms. The summed E-state index contributed by atoms with van der Waals surface area (Å²) in [4.78, 5) is 36.7. The Hall–Kier alpha value is -2.85. The third-order valence-corrected chi connectivity index (χ3v) is 3.80. The van der Waals surface area contributed by atoms with Crippen LogP contribution < -0.4 is 10.7 Å². The SMILES string of the molecule is Cn1c(=O)n(N2C(=O)CCCC2=O)c2ccc(C#CCO)cc21. The van der Waals surface area contributed by atoms with Crippen molar-refractivity contribution >= 4 is 22.8 Å². The van der Waals surface area contributed by atoms with Crippen molar-refractivity contribution < 1.29 is 14.7 Å². The lowest BCUT2D eigenvalue weighted by atomic mass is 10.1. The number of piperidine rings is 1. The predicted octanol–water partition coefficient (Wildman–Crippen LogP) is -0.141. The summed E-state index contributed by atoms with van der Waals surface area (Å²) in [6, 6.07) is 5.02. The van der Waals surface area contributed by atoms with Crippen molar-refractivity contribution in [3.8, 4) is 11.8 Å². The molecule has 23 heavy (non-hydrogen) atoms. The number of hydrogen-bond donors (Lipinski definition) is 1. The van der Waals surface area contributed by atoms with Crippen LogP contribution in [-0.2, 0) is 16.6 Å². The number of amides is 2. The molecule has 1 aliphatic heterocycles. The van der Waals surface area contributed by atoms with Gasteiger partial charge in [0.05, 0.1) is 11.0 Å². The Balaban J connectivity index is 2.22. The number of fused-ring (bicyclic) bond motifs is 1. The van der Waals surface area contributed by atoms with Crippen LogP contribution in [0.5, 0.6) is 0 Å². The van der Waals surface area contributed by atoms with Crippen LogP contribution in [0.15, 0.2) is 23.0 Å². The number of aliphatic hydroxyl groups excluding tert-OH is 1. The van der Waals surface area contributed by atoms with Gasteiger partial charge >= 0.3 is 5.69 Å². The fraction of sp³-hybridized carbons (Fsp3) is 0.312. The molecule has 2 heterocycles. The van der Waals surface area contributed by atoms with Gasteiger partial charge in [0.15, 0.2) is 0 Å². The van der Waals surface area contributed by atoms with Crippen LogP contribution in [0.25, 0.3) is 11.0 Å². The zero-order valence-electron chi connectivity index (χ0n) is 12.6. The molecule has 1 aromatic heterocycles.